The smallest absolute Gasteiger partial charge is 0.0640 e. The molecule has 3 nitrogen and oxygen atoms in total. The average molecular weight is 273 g/mol. The van der Waals surface area contributed by atoms with E-state index < -0.39 is 0 Å². The first kappa shape index (κ1) is 16.5. The van der Waals surface area contributed by atoms with Crippen molar-refractivity contribution in [3.63, 3.8) is 0 Å². The van der Waals surface area contributed by atoms with E-state index in [0.29, 0.717) is 18.4 Å². The van der Waals surface area contributed by atoms with E-state index >= 15 is 0 Å². The quantitative estimate of drug-likeness (QED) is 0.784. The molecule has 0 aliphatic rings. The molecule has 0 fully saturated rings. The van der Waals surface area contributed by atoms with Crippen LogP contribution < -0.4 is 10.2 Å². The van der Waals surface area contributed by atoms with Crippen molar-refractivity contribution in [3.05, 3.63) is 29.8 Å². The van der Waals surface area contributed by atoms with Gasteiger partial charge in [0.25, 0.3) is 0 Å². The number of para-hydroxylation sites is 1. The Hall–Kier alpha value is -1.53. The molecule has 1 atom stereocenters. The summed E-state index contributed by atoms with van der Waals surface area (Å²) in [7, 11) is 0. The van der Waals surface area contributed by atoms with Crippen LogP contribution in [-0.4, -0.2) is 19.6 Å². The molecule has 1 N–H and O–H groups in total. The van der Waals surface area contributed by atoms with Crippen molar-refractivity contribution < 1.29 is 0 Å². The summed E-state index contributed by atoms with van der Waals surface area (Å²) in [6, 6.07) is 11.1. The van der Waals surface area contributed by atoms with E-state index in [9.17, 15) is 0 Å². The van der Waals surface area contributed by atoms with Crippen LogP contribution in [0, 0.1) is 17.2 Å². The molecule has 0 spiro atoms. The van der Waals surface area contributed by atoms with Crippen molar-refractivity contribution >= 4 is 5.69 Å². The molecule has 0 saturated carbocycles. The van der Waals surface area contributed by atoms with E-state index in [1.807, 2.05) is 0 Å². The third-order valence-corrected chi connectivity index (χ3v) is 3.33. The summed E-state index contributed by atoms with van der Waals surface area (Å²) in [5.41, 5.74) is 2.57. The van der Waals surface area contributed by atoms with E-state index in [1.165, 1.54) is 11.3 Å². The molecule has 20 heavy (non-hydrogen) atoms. The van der Waals surface area contributed by atoms with Crippen molar-refractivity contribution in [3.8, 4) is 6.07 Å². The van der Waals surface area contributed by atoms with Gasteiger partial charge in [-0.05, 0) is 31.0 Å². The zero-order valence-corrected chi connectivity index (χ0v) is 13.2. The van der Waals surface area contributed by atoms with Crippen LogP contribution in [0.5, 0.6) is 0 Å². The summed E-state index contributed by atoms with van der Waals surface area (Å²) in [5, 5.41) is 12.3. The minimum atomic E-state index is 0.327. The Labute approximate surface area is 123 Å². The van der Waals surface area contributed by atoms with Gasteiger partial charge >= 0.3 is 0 Å². The third-order valence-electron chi connectivity index (χ3n) is 3.33. The van der Waals surface area contributed by atoms with E-state index in [0.717, 1.165) is 19.6 Å². The Kier molecular flexibility index (Phi) is 7.11. The van der Waals surface area contributed by atoms with Crippen LogP contribution in [0.3, 0.4) is 0 Å². The fraction of sp³-hybridized carbons (Fsp3) is 0.588. The maximum absolute atomic E-state index is 8.87. The van der Waals surface area contributed by atoms with E-state index in [4.69, 9.17) is 5.26 Å². The Morgan fingerprint density at radius 2 is 1.95 bits per heavy atom. The Bertz CT molecular complexity index is 434. The lowest BCUT2D eigenvalue weighted by Gasteiger charge is -2.30. The Morgan fingerprint density at radius 3 is 2.55 bits per heavy atom. The van der Waals surface area contributed by atoms with Gasteiger partial charge in [-0.3, -0.25) is 0 Å². The van der Waals surface area contributed by atoms with Gasteiger partial charge in [0, 0.05) is 24.8 Å². The van der Waals surface area contributed by atoms with Gasteiger partial charge in [0.2, 0.25) is 0 Å². The normalized spacial score (nSPS) is 12.2. The highest BCUT2D eigenvalue weighted by Crippen LogP contribution is 2.27. The van der Waals surface area contributed by atoms with Crippen LogP contribution in [0.15, 0.2) is 24.3 Å². The molecule has 0 aromatic heterocycles. The molecule has 1 rings (SSSR count). The zero-order chi connectivity index (χ0) is 15.0. The summed E-state index contributed by atoms with van der Waals surface area (Å²) < 4.78 is 0. The number of anilines is 1. The highest BCUT2D eigenvalue weighted by molar-refractivity contribution is 5.55. The molecule has 0 amide bonds. The molecule has 110 valence electrons. The summed E-state index contributed by atoms with van der Waals surface area (Å²) in [5.74, 6) is 0.580. The standard InChI is InChI=1S/C17H27N3/c1-5-19-15(4)16-9-6-7-10-17(16)20(12-8-11-18)13-14(2)3/h6-7,9-10,14-15,19H,5,8,12-13H2,1-4H3. The first-order valence-corrected chi connectivity index (χ1v) is 7.54. The average Bonchev–Trinajstić information content (AvgIpc) is 2.43. The summed E-state index contributed by atoms with van der Waals surface area (Å²) >= 11 is 0. The number of hydrogen-bond donors (Lipinski definition) is 1. The highest BCUT2D eigenvalue weighted by Gasteiger charge is 2.15. The topological polar surface area (TPSA) is 39.1 Å². The number of nitrogens with zero attached hydrogens (tertiary/aromatic N) is 2. The van der Waals surface area contributed by atoms with E-state index in [-0.39, 0.29) is 0 Å². The monoisotopic (exact) mass is 273 g/mol. The second-order valence-electron chi connectivity index (χ2n) is 5.59. The summed E-state index contributed by atoms with van der Waals surface area (Å²) in [4.78, 5) is 2.34. The van der Waals surface area contributed by atoms with Crippen LogP contribution >= 0.6 is 0 Å². The van der Waals surface area contributed by atoms with Gasteiger partial charge in [-0.15, -0.1) is 0 Å². The SMILES string of the molecule is CCNC(C)c1ccccc1N(CCC#N)CC(C)C. The first-order valence-electron chi connectivity index (χ1n) is 7.54. The largest absolute Gasteiger partial charge is 0.370 e. The molecule has 1 unspecified atom stereocenters. The second-order valence-corrected chi connectivity index (χ2v) is 5.59. The van der Waals surface area contributed by atoms with Gasteiger partial charge in [0.05, 0.1) is 12.5 Å². The van der Waals surface area contributed by atoms with Crippen molar-refractivity contribution in [2.24, 2.45) is 5.92 Å². The Balaban J connectivity index is 3.02. The lowest BCUT2D eigenvalue weighted by Crippen LogP contribution is -2.31. The fourth-order valence-electron chi connectivity index (χ4n) is 2.49. The predicted molar refractivity (Wildman–Crippen MR) is 85.8 cm³/mol. The first-order chi connectivity index (χ1) is 9.60. The molecule has 3 heteroatoms. The minimum absolute atomic E-state index is 0.327. The maximum Gasteiger partial charge on any atom is 0.0640 e. The highest BCUT2D eigenvalue weighted by atomic mass is 15.1. The molecule has 1 aromatic carbocycles. The van der Waals surface area contributed by atoms with Crippen LogP contribution in [0.4, 0.5) is 5.69 Å². The molecule has 0 heterocycles. The van der Waals surface area contributed by atoms with Crippen LogP contribution in [-0.2, 0) is 0 Å². The Morgan fingerprint density at radius 1 is 1.25 bits per heavy atom. The van der Waals surface area contributed by atoms with Crippen molar-refractivity contribution in [1.82, 2.24) is 5.32 Å². The molecule has 1 aromatic rings. The number of benzene rings is 1. The molecular formula is C17H27N3. The van der Waals surface area contributed by atoms with Crippen molar-refractivity contribution in [2.75, 3.05) is 24.5 Å². The van der Waals surface area contributed by atoms with Crippen molar-refractivity contribution in [1.29, 1.82) is 5.26 Å². The van der Waals surface area contributed by atoms with Crippen LogP contribution in [0.2, 0.25) is 0 Å². The molecule has 0 aliphatic heterocycles. The predicted octanol–water partition coefficient (Wildman–Crippen LogP) is 3.73. The lowest BCUT2D eigenvalue weighted by atomic mass is 10.0. The molecular weight excluding hydrogens is 246 g/mol. The van der Waals surface area contributed by atoms with Gasteiger partial charge in [0.1, 0.15) is 0 Å². The second kappa shape index (κ2) is 8.60. The molecule has 0 saturated heterocycles. The van der Waals surface area contributed by atoms with Gasteiger partial charge < -0.3 is 10.2 Å². The molecule has 0 aliphatic carbocycles. The third kappa shape index (κ3) is 4.86. The van der Waals surface area contributed by atoms with Gasteiger partial charge in [-0.25, -0.2) is 0 Å². The van der Waals surface area contributed by atoms with Crippen LogP contribution in [0.1, 0.15) is 45.7 Å². The number of nitrogens with one attached hydrogen (secondary N) is 1. The van der Waals surface area contributed by atoms with Gasteiger partial charge in [-0.2, -0.15) is 5.26 Å². The maximum atomic E-state index is 8.87. The number of rotatable bonds is 8. The number of hydrogen-bond acceptors (Lipinski definition) is 3. The summed E-state index contributed by atoms with van der Waals surface area (Å²) in [6.45, 7) is 11.5. The minimum Gasteiger partial charge on any atom is -0.370 e. The van der Waals surface area contributed by atoms with Gasteiger partial charge in [-0.1, -0.05) is 39.0 Å². The van der Waals surface area contributed by atoms with Crippen LogP contribution in [0.25, 0.3) is 0 Å². The van der Waals surface area contributed by atoms with E-state index in [2.05, 4.69) is 68.2 Å². The molecule has 0 bridgehead atoms. The van der Waals surface area contributed by atoms with Crippen molar-refractivity contribution in [2.45, 2.75) is 40.2 Å². The van der Waals surface area contributed by atoms with Gasteiger partial charge in [0.15, 0.2) is 0 Å². The number of nitriles is 1. The lowest BCUT2D eigenvalue weighted by molar-refractivity contribution is 0.582. The summed E-state index contributed by atoms with van der Waals surface area (Å²) in [6.07, 6.45) is 0.566. The molecule has 0 radical (unpaired) electrons. The zero-order valence-electron chi connectivity index (χ0n) is 13.2. The van der Waals surface area contributed by atoms with E-state index in [1.54, 1.807) is 0 Å². The fourth-order valence-corrected chi connectivity index (χ4v) is 2.49.